The molecule has 2 N–H and O–H groups in total. The summed E-state index contributed by atoms with van der Waals surface area (Å²) >= 11 is 0. The van der Waals surface area contributed by atoms with Crippen molar-refractivity contribution in [2.75, 3.05) is 19.0 Å². The van der Waals surface area contributed by atoms with Gasteiger partial charge in [-0.05, 0) is 49.4 Å². The van der Waals surface area contributed by atoms with Gasteiger partial charge in [-0.2, -0.15) is 0 Å². The summed E-state index contributed by atoms with van der Waals surface area (Å²) in [6.07, 6.45) is 4.30. The average molecular weight is 363 g/mol. The van der Waals surface area contributed by atoms with E-state index in [0.717, 1.165) is 52.9 Å². The fourth-order valence-electron chi connectivity index (χ4n) is 4.09. The van der Waals surface area contributed by atoms with Gasteiger partial charge in [0.05, 0.1) is 7.11 Å². The first kappa shape index (κ1) is 17.7. The van der Waals surface area contributed by atoms with Gasteiger partial charge in [0.2, 0.25) is 0 Å². The van der Waals surface area contributed by atoms with Crippen LogP contribution in [-0.2, 0) is 0 Å². The van der Waals surface area contributed by atoms with Crippen molar-refractivity contribution < 1.29 is 9.84 Å². The molecule has 1 heterocycles. The number of aliphatic hydroxyl groups excluding tert-OH is 1. The van der Waals surface area contributed by atoms with E-state index in [1.807, 2.05) is 36.4 Å². The minimum atomic E-state index is 0.242. The third-order valence-corrected chi connectivity index (χ3v) is 5.53. The van der Waals surface area contributed by atoms with Gasteiger partial charge in [-0.15, -0.1) is 10.2 Å². The lowest BCUT2D eigenvalue weighted by Gasteiger charge is -2.21. The number of nitrogens with one attached hydrogen (secondary N) is 1. The van der Waals surface area contributed by atoms with Crippen molar-refractivity contribution >= 4 is 16.6 Å². The Hall–Kier alpha value is -2.66. The van der Waals surface area contributed by atoms with E-state index in [0.29, 0.717) is 12.0 Å². The minimum absolute atomic E-state index is 0.242. The third kappa shape index (κ3) is 3.60. The number of hydrogen-bond donors (Lipinski definition) is 2. The Kier molecular flexibility index (Phi) is 5.21. The predicted octanol–water partition coefficient (Wildman–Crippen LogP) is 4.27. The molecule has 2 aromatic carbocycles. The number of methoxy groups -OCH3 is 1. The van der Waals surface area contributed by atoms with Gasteiger partial charge < -0.3 is 15.2 Å². The topological polar surface area (TPSA) is 67.3 Å². The molecule has 4 rings (SSSR count). The summed E-state index contributed by atoms with van der Waals surface area (Å²) in [6, 6.07) is 16.5. The van der Waals surface area contributed by atoms with Crippen LogP contribution in [0.1, 0.15) is 25.7 Å². The number of benzene rings is 2. The van der Waals surface area contributed by atoms with Crippen LogP contribution in [0, 0.1) is 5.92 Å². The van der Waals surface area contributed by atoms with Crippen molar-refractivity contribution in [2.24, 2.45) is 5.92 Å². The fourth-order valence-corrected chi connectivity index (χ4v) is 4.09. The maximum Gasteiger partial charge on any atom is 0.156 e. The van der Waals surface area contributed by atoms with Crippen LogP contribution in [0.3, 0.4) is 0 Å². The second-order valence-electron chi connectivity index (χ2n) is 7.13. The van der Waals surface area contributed by atoms with Crippen LogP contribution in [0.25, 0.3) is 22.0 Å². The van der Waals surface area contributed by atoms with E-state index in [4.69, 9.17) is 4.74 Å². The molecule has 0 aliphatic heterocycles. The molecule has 0 amide bonds. The molecule has 1 fully saturated rings. The van der Waals surface area contributed by atoms with Crippen LogP contribution in [-0.4, -0.2) is 35.1 Å². The number of fused-ring (bicyclic) bond motifs is 1. The second-order valence-corrected chi connectivity index (χ2v) is 7.13. The van der Waals surface area contributed by atoms with Crippen molar-refractivity contribution in [2.45, 2.75) is 31.7 Å². The molecule has 140 valence electrons. The van der Waals surface area contributed by atoms with E-state index in [1.165, 1.54) is 6.42 Å². The molecule has 0 spiro atoms. The van der Waals surface area contributed by atoms with Gasteiger partial charge in [0.25, 0.3) is 0 Å². The van der Waals surface area contributed by atoms with Gasteiger partial charge in [0, 0.05) is 29.0 Å². The number of aromatic nitrogens is 2. The largest absolute Gasteiger partial charge is 0.497 e. The predicted molar refractivity (Wildman–Crippen MR) is 108 cm³/mol. The molecule has 0 bridgehead atoms. The van der Waals surface area contributed by atoms with Gasteiger partial charge in [0.1, 0.15) is 11.4 Å². The maximum atomic E-state index is 9.32. The summed E-state index contributed by atoms with van der Waals surface area (Å²) in [5.74, 6) is 2.15. The summed E-state index contributed by atoms with van der Waals surface area (Å²) in [4.78, 5) is 0. The molecule has 3 aromatic rings. The Balaban J connectivity index is 1.70. The van der Waals surface area contributed by atoms with E-state index in [9.17, 15) is 5.11 Å². The van der Waals surface area contributed by atoms with Gasteiger partial charge >= 0.3 is 0 Å². The third-order valence-electron chi connectivity index (χ3n) is 5.53. The van der Waals surface area contributed by atoms with Crippen LogP contribution >= 0.6 is 0 Å². The van der Waals surface area contributed by atoms with E-state index in [-0.39, 0.29) is 6.61 Å². The summed E-state index contributed by atoms with van der Waals surface area (Å²) in [5.41, 5.74) is 1.89. The summed E-state index contributed by atoms with van der Waals surface area (Å²) in [7, 11) is 1.66. The highest BCUT2D eigenvalue weighted by molar-refractivity contribution is 6.00. The standard InChI is InChI=1S/C22H25N3O2/c1-27-17-11-9-16(10-12-17)21-18-6-2-3-7-19(18)22(25-24-21)23-20-8-4-5-15(20)13-14-26/h2-3,6-7,9-12,15,20,26H,4-5,8,13-14H2,1H3,(H,23,25). The molecule has 5 nitrogen and oxygen atoms in total. The molecule has 2 unspecified atom stereocenters. The quantitative estimate of drug-likeness (QED) is 0.685. The highest BCUT2D eigenvalue weighted by Gasteiger charge is 2.27. The van der Waals surface area contributed by atoms with Crippen LogP contribution in [0.15, 0.2) is 48.5 Å². The zero-order chi connectivity index (χ0) is 18.6. The second kappa shape index (κ2) is 7.92. The number of anilines is 1. The first-order valence-electron chi connectivity index (χ1n) is 9.57. The van der Waals surface area contributed by atoms with Gasteiger partial charge in [0.15, 0.2) is 5.82 Å². The van der Waals surface area contributed by atoms with Crippen molar-refractivity contribution in [3.05, 3.63) is 48.5 Å². The molecule has 5 heteroatoms. The average Bonchev–Trinajstić information content (AvgIpc) is 3.15. The molecular weight excluding hydrogens is 338 g/mol. The Morgan fingerprint density at radius 2 is 1.81 bits per heavy atom. The number of ether oxygens (including phenoxy) is 1. The molecule has 2 atom stereocenters. The van der Waals surface area contributed by atoms with Crippen LogP contribution in [0.4, 0.5) is 5.82 Å². The van der Waals surface area contributed by atoms with Crippen LogP contribution < -0.4 is 10.1 Å². The van der Waals surface area contributed by atoms with Crippen LogP contribution in [0.2, 0.25) is 0 Å². The van der Waals surface area contributed by atoms with Gasteiger partial charge in [-0.25, -0.2) is 0 Å². The summed E-state index contributed by atoms with van der Waals surface area (Å²) < 4.78 is 5.25. The lowest BCUT2D eigenvalue weighted by atomic mass is 9.99. The van der Waals surface area contributed by atoms with Crippen molar-refractivity contribution in [1.82, 2.24) is 10.2 Å². The molecule has 1 saturated carbocycles. The van der Waals surface area contributed by atoms with E-state index in [1.54, 1.807) is 7.11 Å². The Morgan fingerprint density at radius 3 is 2.56 bits per heavy atom. The smallest absolute Gasteiger partial charge is 0.156 e. The SMILES string of the molecule is COc1ccc(-c2nnc(NC3CCCC3CCO)c3ccccc23)cc1. The first-order valence-corrected chi connectivity index (χ1v) is 9.57. The van der Waals surface area contributed by atoms with E-state index < -0.39 is 0 Å². The minimum Gasteiger partial charge on any atom is -0.497 e. The van der Waals surface area contributed by atoms with Crippen molar-refractivity contribution in [3.63, 3.8) is 0 Å². The summed E-state index contributed by atoms with van der Waals surface area (Å²) in [5, 5.41) is 24.2. The molecule has 0 saturated heterocycles. The highest BCUT2D eigenvalue weighted by Crippen LogP contribution is 2.34. The number of nitrogens with zero attached hydrogens (tertiary/aromatic N) is 2. The monoisotopic (exact) mass is 363 g/mol. The molecular formula is C22H25N3O2. The number of hydrogen-bond acceptors (Lipinski definition) is 5. The Labute approximate surface area is 159 Å². The van der Waals surface area contributed by atoms with E-state index in [2.05, 4.69) is 27.6 Å². The summed E-state index contributed by atoms with van der Waals surface area (Å²) in [6.45, 7) is 0.242. The zero-order valence-corrected chi connectivity index (χ0v) is 15.6. The Morgan fingerprint density at radius 1 is 1.04 bits per heavy atom. The molecule has 1 aliphatic rings. The van der Waals surface area contributed by atoms with Gasteiger partial charge in [-0.1, -0.05) is 30.7 Å². The first-order chi connectivity index (χ1) is 13.3. The number of rotatable bonds is 6. The Bertz CT molecular complexity index is 911. The lowest BCUT2D eigenvalue weighted by Crippen LogP contribution is -2.25. The zero-order valence-electron chi connectivity index (χ0n) is 15.6. The van der Waals surface area contributed by atoms with Crippen LogP contribution in [0.5, 0.6) is 5.75 Å². The molecule has 1 aromatic heterocycles. The lowest BCUT2D eigenvalue weighted by molar-refractivity contribution is 0.254. The maximum absolute atomic E-state index is 9.32. The van der Waals surface area contributed by atoms with Gasteiger partial charge in [-0.3, -0.25) is 0 Å². The normalized spacial score (nSPS) is 19.3. The fraction of sp³-hybridized carbons (Fsp3) is 0.364. The van der Waals surface area contributed by atoms with Crippen molar-refractivity contribution in [3.8, 4) is 17.0 Å². The van der Waals surface area contributed by atoms with Crippen molar-refractivity contribution in [1.29, 1.82) is 0 Å². The van der Waals surface area contributed by atoms with E-state index >= 15 is 0 Å². The molecule has 27 heavy (non-hydrogen) atoms. The number of aliphatic hydroxyl groups is 1. The molecule has 0 radical (unpaired) electrons. The highest BCUT2D eigenvalue weighted by atomic mass is 16.5. The molecule has 1 aliphatic carbocycles.